The molecule has 356 valence electrons. The third-order valence-electron chi connectivity index (χ3n) is 14.7. The molecule has 0 aromatic carbocycles. The van der Waals surface area contributed by atoms with Gasteiger partial charge in [-0.25, -0.2) is 0 Å². The highest BCUT2D eigenvalue weighted by atomic mass is 16.7. The summed E-state index contributed by atoms with van der Waals surface area (Å²) in [6.07, 6.45) is 12.1. The molecule has 13 nitrogen and oxygen atoms in total. The zero-order chi connectivity index (χ0) is 45.8. The first-order valence-electron chi connectivity index (χ1n) is 23.6. The number of allylic oxidation sites excluding steroid dienone is 3. The molecular formula is C50H78O13. The predicted octanol–water partition coefficient (Wildman–Crippen LogP) is 7.29. The molecule has 0 aromatic rings. The molecule has 2 N–H and O–H groups in total. The number of hydrogen-bond donors (Lipinski definition) is 2. The van der Waals surface area contributed by atoms with E-state index in [-0.39, 0.29) is 48.8 Å². The maximum atomic E-state index is 14.4. The Kier molecular flexibility index (Phi) is 17.2. The summed E-state index contributed by atoms with van der Waals surface area (Å²) >= 11 is 0. The molecule has 0 saturated carbocycles. The molecule has 5 heterocycles. The van der Waals surface area contributed by atoms with Crippen LogP contribution in [0.25, 0.3) is 0 Å². The SMILES string of the molecule is CCC=C(C)[C@@H](OC1C[C@H](OC)[C@@H](OC2C[C@H](OC)[C@@H](O)[C@H](C)O2)[C@H](C)O1)[C@@H](C)C=CC=C1CO[C@H]2[C@H](O)C(C)=CC(C(=O)O[C@H]3CCO[C@@]4(C=C[C@H](C)[C@@H]([C@@H](C)CC)O4)C3)[C@@]12C. The Morgan fingerprint density at radius 1 is 1.03 bits per heavy atom. The van der Waals surface area contributed by atoms with Crippen LogP contribution in [0.2, 0.25) is 0 Å². The molecule has 4 fully saturated rings. The Balaban J connectivity index is 1.14. The highest BCUT2D eigenvalue weighted by molar-refractivity contribution is 5.77. The number of ether oxygens (including phenoxy) is 10. The summed E-state index contributed by atoms with van der Waals surface area (Å²) in [6.45, 7) is 21.1. The minimum absolute atomic E-state index is 0.0151. The van der Waals surface area contributed by atoms with Gasteiger partial charge in [0.05, 0.1) is 61.9 Å². The quantitative estimate of drug-likeness (QED) is 0.125. The maximum absolute atomic E-state index is 14.4. The number of aliphatic hydroxyl groups excluding tert-OH is 2. The second kappa shape index (κ2) is 21.6. The average Bonchev–Trinajstić information content (AvgIpc) is 3.60. The van der Waals surface area contributed by atoms with Crippen LogP contribution >= 0.6 is 0 Å². The molecule has 0 radical (unpaired) electrons. The first-order valence-corrected chi connectivity index (χ1v) is 23.6. The van der Waals surface area contributed by atoms with Gasteiger partial charge in [0, 0.05) is 57.2 Å². The molecule has 6 aliphatic rings. The highest BCUT2D eigenvalue weighted by Crippen LogP contribution is 2.52. The van der Waals surface area contributed by atoms with E-state index in [1.54, 1.807) is 14.2 Å². The van der Waals surface area contributed by atoms with E-state index < -0.39 is 72.4 Å². The number of esters is 1. The van der Waals surface area contributed by atoms with E-state index in [0.29, 0.717) is 43.8 Å². The standard InChI is InChI=1S/C50H78O13/c1-13-16-29(4)44(61-41-25-39(55-12)46(34(9)59-41)62-40-24-38(54-11)43(52)33(8)58-40)30(5)17-15-18-35-27-56-47-42(51)32(7)23-37(49(35,47)10)48(53)60-36-20-22-57-50(26-36)21-19-31(6)45(63-50)28(3)14-2/h15-19,21,23,28,30-31,33-34,36-47,51-52H,13-14,20,22,24-27H2,1-12H3/t28-,30-,31-,33-,34-,36-,37?,38-,39-,40?,41?,42+,43-,44+,45+,46-,47-,49+,50+/m0/s1. The van der Waals surface area contributed by atoms with Crippen LogP contribution in [0.5, 0.6) is 0 Å². The van der Waals surface area contributed by atoms with Crippen molar-refractivity contribution in [1.82, 2.24) is 0 Å². The van der Waals surface area contributed by atoms with Gasteiger partial charge in [-0.05, 0) is 62.8 Å². The van der Waals surface area contributed by atoms with Crippen molar-refractivity contribution in [2.75, 3.05) is 27.4 Å². The number of carbonyl (C=O) groups is 1. The molecule has 13 heteroatoms. The summed E-state index contributed by atoms with van der Waals surface area (Å²) in [5, 5.41) is 21.8. The molecule has 1 aliphatic carbocycles. The molecular weight excluding hydrogens is 809 g/mol. The normalized spacial score (nSPS) is 43.2. The van der Waals surface area contributed by atoms with Gasteiger partial charge >= 0.3 is 5.97 Å². The molecule has 19 atom stereocenters. The summed E-state index contributed by atoms with van der Waals surface area (Å²) in [7, 11) is 3.25. The molecule has 1 spiro atoms. The minimum Gasteiger partial charge on any atom is -0.462 e. The Bertz CT molecular complexity index is 1690. The second-order valence-corrected chi connectivity index (χ2v) is 19.2. The fraction of sp³-hybridized carbons (Fsp3) is 0.780. The van der Waals surface area contributed by atoms with Gasteiger partial charge in [-0.1, -0.05) is 84.4 Å². The topological polar surface area (TPSA) is 150 Å². The van der Waals surface area contributed by atoms with Crippen molar-refractivity contribution in [2.24, 2.45) is 29.1 Å². The second-order valence-electron chi connectivity index (χ2n) is 19.2. The fourth-order valence-electron chi connectivity index (χ4n) is 10.5. The van der Waals surface area contributed by atoms with E-state index in [4.69, 9.17) is 47.4 Å². The van der Waals surface area contributed by atoms with Crippen molar-refractivity contribution < 1.29 is 62.4 Å². The predicted molar refractivity (Wildman–Crippen MR) is 237 cm³/mol. The molecule has 3 unspecified atom stereocenters. The van der Waals surface area contributed by atoms with Gasteiger partial charge in [-0.3, -0.25) is 4.79 Å². The van der Waals surface area contributed by atoms with Crippen molar-refractivity contribution >= 4 is 5.97 Å². The summed E-state index contributed by atoms with van der Waals surface area (Å²) in [6, 6.07) is 0. The molecule has 4 saturated heterocycles. The van der Waals surface area contributed by atoms with Crippen LogP contribution in [0.15, 0.2) is 59.3 Å². The summed E-state index contributed by atoms with van der Waals surface area (Å²) in [5.41, 5.74) is 1.85. The number of fused-ring (bicyclic) bond motifs is 1. The van der Waals surface area contributed by atoms with Gasteiger partial charge in [-0.15, -0.1) is 0 Å². The van der Waals surface area contributed by atoms with Crippen LogP contribution in [0.1, 0.15) is 108 Å². The van der Waals surface area contributed by atoms with E-state index in [1.807, 2.05) is 52.0 Å². The van der Waals surface area contributed by atoms with Gasteiger partial charge < -0.3 is 57.6 Å². The lowest BCUT2D eigenvalue weighted by Crippen LogP contribution is -2.55. The molecule has 63 heavy (non-hydrogen) atoms. The van der Waals surface area contributed by atoms with Crippen molar-refractivity contribution in [3.63, 3.8) is 0 Å². The summed E-state index contributed by atoms with van der Waals surface area (Å²) in [4.78, 5) is 14.4. The molecule has 0 bridgehead atoms. The van der Waals surface area contributed by atoms with Gasteiger partial charge in [0.25, 0.3) is 0 Å². The van der Waals surface area contributed by atoms with Gasteiger partial charge in [-0.2, -0.15) is 0 Å². The van der Waals surface area contributed by atoms with Crippen molar-refractivity contribution in [3.8, 4) is 0 Å². The number of aliphatic hydroxyl groups is 2. The van der Waals surface area contributed by atoms with Crippen molar-refractivity contribution in [1.29, 1.82) is 0 Å². The lowest BCUT2D eigenvalue weighted by Gasteiger charge is -2.46. The zero-order valence-electron chi connectivity index (χ0n) is 39.9. The fourth-order valence-corrected chi connectivity index (χ4v) is 10.5. The maximum Gasteiger partial charge on any atom is 0.314 e. The third kappa shape index (κ3) is 11.0. The van der Waals surface area contributed by atoms with E-state index in [9.17, 15) is 15.0 Å². The Morgan fingerprint density at radius 2 is 1.75 bits per heavy atom. The smallest absolute Gasteiger partial charge is 0.314 e. The lowest BCUT2D eigenvalue weighted by molar-refractivity contribution is -0.318. The number of methoxy groups -OCH3 is 2. The number of carbonyl (C=O) groups excluding carboxylic acids is 1. The average molecular weight is 887 g/mol. The van der Waals surface area contributed by atoms with E-state index in [0.717, 1.165) is 24.0 Å². The Hall–Kier alpha value is -2.27. The molecule has 0 amide bonds. The Morgan fingerprint density at radius 3 is 2.44 bits per heavy atom. The molecule has 5 aliphatic heterocycles. The van der Waals surface area contributed by atoms with E-state index >= 15 is 0 Å². The first kappa shape index (κ1) is 50.1. The van der Waals surface area contributed by atoms with Crippen LogP contribution < -0.4 is 0 Å². The minimum atomic E-state index is -0.923. The Labute approximate surface area is 376 Å². The van der Waals surface area contributed by atoms with Crippen LogP contribution in [0.4, 0.5) is 0 Å². The summed E-state index contributed by atoms with van der Waals surface area (Å²) in [5.74, 6) is -1.38. The number of hydrogen-bond acceptors (Lipinski definition) is 13. The van der Waals surface area contributed by atoms with Crippen LogP contribution in [0.3, 0.4) is 0 Å². The van der Waals surface area contributed by atoms with Crippen molar-refractivity contribution in [3.05, 3.63) is 59.3 Å². The first-order chi connectivity index (χ1) is 30.0. The van der Waals surface area contributed by atoms with Crippen LogP contribution in [-0.2, 0) is 52.2 Å². The zero-order valence-corrected chi connectivity index (χ0v) is 39.9. The molecule has 6 rings (SSSR count). The van der Waals surface area contributed by atoms with Crippen molar-refractivity contribution in [2.45, 2.75) is 193 Å². The third-order valence-corrected chi connectivity index (χ3v) is 14.7. The molecule has 0 aromatic heterocycles. The summed E-state index contributed by atoms with van der Waals surface area (Å²) < 4.78 is 62.7. The monoisotopic (exact) mass is 887 g/mol. The van der Waals surface area contributed by atoms with Crippen LogP contribution in [0, 0.1) is 29.1 Å². The van der Waals surface area contributed by atoms with Crippen LogP contribution in [-0.4, -0.2) is 129 Å². The van der Waals surface area contributed by atoms with Gasteiger partial charge in [0.15, 0.2) is 18.4 Å². The van der Waals surface area contributed by atoms with E-state index in [2.05, 4.69) is 59.8 Å². The van der Waals surface area contributed by atoms with Gasteiger partial charge in [0.1, 0.15) is 24.4 Å². The highest BCUT2D eigenvalue weighted by Gasteiger charge is 2.58. The number of rotatable bonds is 15. The van der Waals surface area contributed by atoms with Gasteiger partial charge in [0.2, 0.25) is 0 Å². The lowest BCUT2D eigenvalue weighted by atomic mass is 9.63. The van der Waals surface area contributed by atoms with E-state index in [1.165, 1.54) is 0 Å². The largest absolute Gasteiger partial charge is 0.462 e.